The minimum absolute atomic E-state index is 0.223. The maximum absolute atomic E-state index is 12.7. The molecule has 0 unspecified atom stereocenters. The van der Waals surface area contributed by atoms with Crippen LogP contribution < -0.4 is 5.32 Å². The first-order valence-corrected chi connectivity index (χ1v) is 8.65. The summed E-state index contributed by atoms with van der Waals surface area (Å²) < 4.78 is 0. The molecule has 1 heterocycles. The van der Waals surface area contributed by atoms with Crippen molar-refractivity contribution in [1.29, 1.82) is 0 Å². The molecular weight excluding hydrogens is 304 g/mol. The first-order valence-electron chi connectivity index (χ1n) is 8.65. The molecule has 1 amide bonds. The molecule has 5 heteroatoms. The second-order valence-electron chi connectivity index (χ2n) is 7.05. The number of hydrogen-bond donors (Lipinski definition) is 4. The maximum Gasteiger partial charge on any atom is 0.268 e. The molecule has 1 fully saturated rings. The zero-order chi connectivity index (χ0) is 17.4. The second-order valence-corrected chi connectivity index (χ2v) is 7.05. The first kappa shape index (κ1) is 17.0. The van der Waals surface area contributed by atoms with Crippen molar-refractivity contribution in [2.45, 2.75) is 64.7 Å². The molecule has 1 aromatic carbocycles. The third kappa shape index (κ3) is 3.06. The van der Waals surface area contributed by atoms with Gasteiger partial charge in [0.15, 0.2) is 0 Å². The van der Waals surface area contributed by atoms with Gasteiger partial charge in [-0.2, -0.15) is 0 Å². The van der Waals surface area contributed by atoms with Crippen molar-refractivity contribution in [3.63, 3.8) is 0 Å². The number of nitrogens with one attached hydrogen (secondary N) is 2. The lowest BCUT2D eigenvalue weighted by Crippen LogP contribution is -2.47. The number of fused-ring (bicyclic) bond motifs is 1. The molecule has 1 aliphatic rings. The van der Waals surface area contributed by atoms with E-state index >= 15 is 0 Å². The molecule has 0 saturated heterocycles. The Labute approximate surface area is 142 Å². The molecule has 0 bridgehead atoms. The Morgan fingerprint density at radius 1 is 1.17 bits per heavy atom. The number of carbonyl (C=O) groups is 1. The van der Waals surface area contributed by atoms with Gasteiger partial charge < -0.3 is 20.5 Å². The molecule has 1 aromatic heterocycles. The normalized spacial score (nSPS) is 24.8. The van der Waals surface area contributed by atoms with Crippen LogP contribution in [0.5, 0.6) is 0 Å². The van der Waals surface area contributed by atoms with Gasteiger partial charge in [0.1, 0.15) is 5.69 Å². The predicted molar refractivity (Wildman–Crippen MR) is 94.2 cm³/mol. The summed E-state index contributed by atoms with van der Waals surface area (Å²) in [6, 6.07) is 3.75. The molecule has 0 radical (unpaired) electrons. The van der Waals surface area contributed by atoms with Crippen molar-refractivity contribution in [3.05, 3.63) is 34.5 Å². The van der Waals surface area contributed by atoms with Crippen LogP contribution in [-0.2, 0) is 0 Å². The molecule has 24 heavy (non-hydrogen) atoms. The smallest absolute Gasteiger partial charge is 0.268 e. The number of aromatic amines is 1. The molecule has 3 rings (SSSR count). The Bertz CT molecular complexity index is 766. The molecule has 0 spiro atoms. The van der Waals surface area contributed by atoms with Crippen LogP contribution in [0.15, 0.2) is 12.1 Å². The lowest BCUT2D eigenvalue weighted by molar-refractivity contribution is -0.00128. The number of H-pyrrole nitrogens is 1. The van der Waals surface area contributed by atoms with Gasteiger partial charge in [-0.15, -0.1) is 0 Å². The summed E-state index contributed by atoms with van der Waals surface area (Å²) in [5, 5.41) is 24.1. The molecule has 1 aliphatic carbocycles. The highest BCUT2D eigenvalue weighted by Gasteiger charge is 2.30. The van der Waals surface area contributed by atoms with Crippen molar-refractivity contribution < 1.29 is 15.0 Å². The lowest BCUT2D eigenvalue weighted by atomic mass is 10.0. The van der Waals surface area contributed by atoms with Gasteiger partial charge in [0.05, 0.1) is 18.2 Å². The fourth-order valence-electron chi connectivity index (χ4n) is 3.74. The third-order valence-electron chi connectivity index (χ3n) is 5.12. The highest BCUT2D eigenvalue weighted by molar-refractivity contribution is 6.01. The average molecular weight is 330 g/mol. The summed E-state index contributed by atoms with van der Waals surface area (Å²) in [4.78, 5) is 16.0. The molecule has 3 atom stereocenters. The van der Waals surface area contributed by atoms with E-state index in [-0.39, 0.29) is 5.91 Å². The van der Waals surface area contributed by atoms with Crippen LogP contribution >= 0.6 is 0 Å². The van der Waals surface area contributed by atoms with Gasteiger partial charge in [-0.05, 0) is 50.8 Å². The summed E-state index contributed by atoms with van der Waals surface area (Å²) in [6.07, 6.45) is 1.34. The van der Waals surface area contributed by atoms with Crippen LogP contribution in [0.25, 0.3) is 10.9 Å². The minimum atomic E-state index is -0.912. The lowest BCUT2D eigenvalue weighted by Gasteiger charge is -2.24. The number of aliphatic hydroxyl groups excluding tert-OH is 2. The minimum Gasteiger partial charge on any atom is -0.390 e. The molecular formula is C19H26N2O3. The van der Waals surface area contributed by atoms with E-state index in [1.165, 1.54) is 0 Å². The molecule has 130 valence electrons. The summed E-state index contributed by atoms with van der Waals surface area (Å²) in [5.41, 5.74) is 4.70. The van der Waals surface area contributed by atoms with E-state index in [0.29, 0.717) is 18.5 Å². The highest BCUT2D eigenvalue weighted by Crippen LogP contribution is 2.26. The van der Waals surface area contributed by atoms with Crippen LogP contribution in [0, 0.1) is 20.8 Å². The highest BCUT2D eigenvalue weighted by atomic mass is 16.3. The van der Waals surface area contributed by atoms with Crippen molar-refractivity contribution in [1.82, 2.24) is 10.3 Å². The summed E-state index contributed by atoms with van der Waals surface area (Å²) in [5.74, 6) is -0.223. The van der Waals surface area contributed by atoms with Crippen LogP contribution in [0.3, 0.4) is 0 Å². The maximum atomic E-state index is 12.7. The Balaban J connectivity index is 1.88. The number of rotatable bonds is 2. The fourth-order valence-corrected chi connectivity index (χ4v) is 3.74. The first-order chi connectivity index (χ1) is 11.4. The van der Waals surface area contributed by atoms with Gasteiger partial charge in [0.2, 0.25) is 0 Å². The Kier molecular flexibility index (Phi) is 4.65. The summed E-state index contributed by atoms with van der Waals surface area (Å²) >= 11 is 0. The van der Waals surface area contributed by atoms with Crippen LogP contribution in [-0.4, -0.2) is 39.4 Å². The van der Waals surface area contributed by atoms with E-state index in [9.17, 15) is 15.0 Å². The van der Waals surface area contributed by atoms with Crippen LogP contribution in [0.4, 0.5) is 0 Å². The Hall–Kier alpha value is -1.85. The second kappa shape index (κ2) is 6.57. The van der Waals surface area contributed by atoms with Gasteiger partial charge in [0.25, 0.3) is 5.91 Å². The summed E-state index contributed by atoms with van der Waals surface area (Å²) in [7, 11) is 0. The zero-order valence-corrected chi connectivity index (χ0v) is 14.5. The number of amides is 1. The van der Waals surface area contributed by atoms with Gasteiger partial charge in [-0.1, -0.05) is 24.5 Å². The Morgan fingerprint density at radius 3 is 2.62 bits per heavy atom. The van der Waals surface area contributed by atoms with Gasteiger partial charge in [-0.3, -0.25) is 4.79 Å². The molecule has 0 aliphatic heterocycles. The average Bonchev–Trinajstić information content (AvgIpc) is 2.78. The van der Waals surface area contributed by atoms with Crippen molar-refractivity contribution in [3.8, 4) is 0 Å². The number of benzene rings is 1. The number of hydrogen-bond acceptors (Lipinski definition) is 3. The van der Waals surface area contributed by atoms with Gasteiger partial charge in [-0.25, -0.2) is 0 Å². The van der Waals surface area contributed by atoms with E-state index in [2.05, 4.69) is 22.4 Å². The third-order valence-corrected chi connectivity index (χ3v) is 5.12. The quantitative estimate of drug-likeness (QED) is 0.638. The van der Waals surface area contributed by atoms with Crippen molar-refractivity contribution in [2.75, 3.05) is 0 Å². The SMILES string of the molecule is Cc1cc(C)c2[nH]c(C(=O)N[C@@H]3CCCC[C@@H](O)[C@@H]3O)c(C)c2c1. The molecule has 5 nitrogen and oxygen atoms in total. The van der Waals surface area contributed by atoms with Crippen LogP contribution in [0.2, 0.25) is 0 Å². The van der Waals surface area contributed by atoms with E-state index in [1.807, 2.05) is 20.8 Å². The Morgan fingerprint density at radius 2 is 1.88 bits per heavy atom. The van der Waals surface area contributed by atoms with Gasteiger partial charge in [0, 0.05) is 10.9 Å². The van der Waals surface area contributed by atoms with E-state index < -0.39 is 18.2 Å². The van der Waals surface area contributed by atoms with E-state index in [4.69, 9.17) is 0 Å². The molecule has 1 saturated carbocycles. The van der Waals surface area contributed by atoms with Gasteiger partial charge >= 0.3 is 0 Å². The van der Waals surface area contributed by atoms with E-state index in [1.54, 1.807) is 0 Å². The van der Waals surface area contributed by atoms with Crippen molar-refractivity contribution in [2.24, 2.45) is 0 Å². The standard InChI is InChI=1S/C19H26N2O3/c1-10-8-11(2)16-13(9-10)12(3)17(21-16)19(24)20-14-6-4-5-7-15(22)18(14)23/h8-9,14-15,18,21-23H,4-7H2,1-3H3,(H,20,24)/t14-,15-,18-/m1/s1. The largest absolute Gasteiger partial charge is 0.390 e. The number of carbonyl (C=O) groups excluding carboxylic acids is 1. The molecule has 2 aromatic rings. The van der Waals surface area contributed by atoms with Crippen LogP contribution in [0.1, 0.15) is 52.9 Å². The predicted octanol–water partition coefficient (Wildman–Crippen LogP) is 2.49. The fraction of sp³-hybridized carbons (Fsp3) is 0.526. The number of aryl methyl sites for hydroxylation is 3. The topological polar surface area (TPSA) is 85.4 Å². The summed E-state index contributed by atoms with van der Waals surface area (Å²) in [6.45, 7) is 6.01. The zero-order valence-electron chi connectivity index (χ0n) is 14.5. The monoisotopic (exact) mass is 330 g/mol. The number of aliphatic hydroxyl groups is 2. The van der Waals surface area contributed by atoms with E-state index in [0.717, 1.165) is 40.4 Å². The molecule has 4 N–H and O–H groups in total. The van der Waals surface area contributed by atoms with Crippen molar-refractivity contribution >= 4 is 16.8 Å². The number of aromatic nitrogens is 1.